The zero-order valence-corrected chi connectivity index (χ0v) is 13.1. The molecule has 0 aromatic heterocycles. The third-order valence-corrected chi connectivity index (χ3v) is 4.47. The van der Waals surface area contributed by atoms with Crippen LogP contribution in [0, 0.1) is 0 Å². The Balaban J connectivity index is 2.11. The van der Waals surface area contributed by atoms with Gasteiger partial charge in [-0.3, -0.25) is 0 Å². The number of rotatable bonds is 5. The van der Waals surface area contributed by atoms with E-state index in [0.717, 1.165) is 16.5 Å². The summed E-state index contributed by atoms with van der Waals surface area (Å²) < 4.78 is 26.7. The average Bonchev–Trinajstić information content (AvgIpc) is 2.46. The second-order valence-electron chi connectivity index (χ2n) is 4.62. The SMILES string of the molecule is CC(NS(=O)(=O)/C=C/c1ccccc1)c1ccccc1Cl. The average molecular weight is 322 g/mol. The summed E-state index contributed by atoms with van der Waals surface area (Å²) in [5.41, 5.74) is 1.57. The van der Waals surface area contributed by atoms with Crippen LogP contribution in [0.3, 0.4) is 0 Å². The van der Waals surface area contributed by atoms with E-state index in [0.29, 0.717) is 5.02 Å². The molecule has 0 saturated heterocycles. The first-order valence-electron chi connectivity index (χ1n) is 6.48. The standard InChI is InChI=1S/C16H16ClNO2S/c1-13(15-9-5-6-10-16(15)17)18-21(19,20)12-11-14-7-3-2-4-8-14/h2-13,18H,1H3/b12-11+. The van der Waals surface area contributed by atoms with E-state index in [1.54, 1.807) is 25.1 Å². The highest BCUT2D eigenvalue weighted by Gasteiger charge is 2.14. The Morgan fingerprint density at radius 1 is 1.05 bits per heavy atom. The van der Waals surface area contributed by atoms with Crippen molar-refractivity contribution in [3.8, 4) is 0 Å². The molecular weight excluding hydrogens is 306 g/mol. The van der Waals surface area contributed by atoms with Crippen LogP contribution in [0.15, 0.2) is 60.0 Å². The summed E-state index contributed by atoms with van der Waals surface area (Å²) in [5.74, 6) is 0. The van der Waals surface area contributed by atoms with Crippen molar-refractivity contribution in [1.29, 1.82) is 0 Å². The minimum absolute atomic E-state index is 0.399. The molecule has 2 rings (SSSR count). The maximum absolute atomic E-state index is 12.1. The minimum atomic E-state index is -3.53. The van der Waals surface area contributed by atoms with Crippen molar-refractivity contribution in [2.75, 3.05) is 0 Å². The largest absolute Gasteiger partial charge is 0.234 e. The van der Waals surface area contributed by atoms with Crippen molar-refractivity contribution < 1.29 is 8.42 Å². The first kappa shape index (κ1) is 15.8. The summed E-state index contributed by atoms with van der Waals surface area (Å²) in [6.45, 7) is 1.76. The lowest BCUT2D eigenvalue weighted by molar-refractivity contribution is 0.576. The van der Waals surface area contributed by atoms with E-state index >= 15 is 0 Å². The monoisotopic (exact) mass is 321 g/mol. The van der Waals surface area contributed by atoms with Crippen LogP contribution in [0.1, 0.15) is 24.1 Å². The fraction of sp³-hybridized carbons (Fsp3) is 0.125. The molecule has 2 aromatic carbocycles. The molecule has 0 bridgehead atoms. The number of sulfonamides is 1. The fourth-order valence-corrected chi connectivity index (χ4v) is 3.24. The van der Waals surface area contributed by atoms with Gasteiger partial charge in [0.15, 0.2) is 0 Å². The van der Waals surface area contributed by atoms with Crippen molar-refractivity contribution in [3.63, 3.8) is 0 Å². The Kier molecular flexibility index (Phi) is 5.17. The van der Waals surface area contributed by atoms with E-state index in [1.165, 1.54) is 0 Å². The van der Waals surface area contributed by atoms with E-state index < -0.39 is 16.1 Å². The highest BCUT2D eigenvalue weighted by Crippen LogP contribution is 2.22. The number of halogens is 1. The lowest BCUT2D eigenvalue weighted by atomic mass is 10.1. The van der Waals surface area contributed by atoms with Crippen LogP contribution in [0.25, 0.3) is 6.08 Å². The van der Waals surface area contributed by atoms with Crippen LogP contribution >= 0.6 is 11.6 Å². The van der Waals surface area contributed by atoms with E-state index in [9.17, 15) is 8.42 Å². The normalized spacial score (nSPS) is 13.4. The molecule has 0 fully saturated rings. The summed E-state index contributed by atoms with van der Waals surface area (Å²) >= 11 is 6.07. The Labute approximate surface area is 130 Å². The predicted molar refractivity (Wildman–Crippen MR) is 87.4 cm³/mol. The van der Waals surface area contributed by atoms with Crippen LogP contribution in [-0.4, -0.2) is 8.42 Å². The molecule has 3 nitrogen and oxygen atoms in total. The highest BCUT2D eigenvalue weighted by molar-refractivity contribution is 7.92. The lowest BCUT2D eigenvalue weighted by Crippen LogP contribution is -2.24. The Bertz CT molecular complexity index is 727. The van der Waals surface area contributed by atoms with Crippen LogP contribution in [-0.2, 0) is 10.0 Å². The third-order valence-electron chi connectivity index (χ3n) is 2.95. The zero-order chi connectivity index (χ0) is 15.3. The topological polar surface area (TPSA) is 46.2 Å². The molecule has 1 atom stereocenters. The van der Waals surface area contributed by atoms with Crippen molar-refractivity contribution in [2.24, 2.45) is 0 Å². The molecule has 0 heterocycles. The molecule has 0 aliphatic heterocycles. The maximum Gasteiger partial charge on any atom is 0.234 e. The Hall–Kier alpha value is -1.62. The molecule has 5 heteroatoms. The predicted octanol–water partition coefficient (Wildman–Crippen LogP) is 3.99. The summed E-state index contributed by atoms with van der Waals surface area (Å²) in [4.78, 5) is 0. The van der Waals surface area contributed by atoms with Gasteiger partial charge in [0.1, 0.15) is 0 Å². The van der Waals surface area contributed by atoms with Crippen molar-refractivity contribution in [3.05, 3.63) is 76.2 Å². The number of hydrogen-bond donors (Lipinski definition) is 1. The molecule has 0 aliphatic carbocycles. The van der Waals surface area contributed by atoms with Gasteiger partial charge in [0.05, 0.1) is 0 Å². The Morgan fingerprint density at radius 2 is 1.67 bits per heavy atom. The van der Waals surface area contributed by atoms with E-state index in [-0.39, 0.29) is 0 Å². The number of benzene rings is 2. The first-order chi connectivity index (χ1) is 9.98. The summed E-state index contributed by atoms with van der Waals surface area (Å²) in [6.07, 6.45) is 1.56. The van der Waals surface area contributed by atoms with Crippen LogP contribution in [0.5, 0.6) is 0 Å². The van der Waals surface area contributed by atoms with Gasteiger partial charge in [0.2, 0.25) is 10.0 Å². The number of nitrogens with one attached hydrogen (secondary N) is 1. The Morgan fingerprint density at radius 3 is 2.33 bits per heavy atom. The first-order valence-corrected chi connectivity index (χ1v) is 8.40. The molecule has 0 aliphatic rings. The van der Waals surface area contributed by atoms with Crippen LogP contribution < -0.4 is 4.72 Å². The van der Waals surface area contributed by atoms with Gasteiger partial charge in [-0.1, -0.05) is 60.1 Å². The molecule has 21 heavy (non-hydrogen) atoms. The van der Waals surface area contributed by atoms with E-state index in [4.69, 9.17) is 11.6 Å². The fourth-order valence-electron chi connectivity index (χ4n) is 1.91. The number of hydrogen-bond acceptors (Lipinski definition) is 2. The van der Waals surface area contributed by atoms with Crippen molar-refractivity contribution in [1.82, 2.24) is 4.72 Å². The van der Waals surface area contributed by atoms with Crippen LogP contribution in [0.2, 0.25) is 5.02 Å². The zero-order valence-electron chi connectivity index (χ0n) is 11.5. The van der Waals surface area contributed by atoms with Gasteiger partial charge in [-0.25, -0.2) is 13.1 Å². The molecule has 2 aromatic rings. The van der Waals surface area contributed by atoms with Crippen LogP contribution in [0.4, 0.5) is 0 Å². The third kappa shape index (κ3) is 4.70. The van der Waals surface area contributed by atoms with Gasteiger partial charge in [0.25, 0.3) is 0 Å². The van der Waals surface area contributed by atoms with Gasteiger partial charge in [0, 0.05) is 16.5 Å². The van der Waals surface area contributed by atoms with Gasteiger partial charge < -0.3 is 0 Å². The second kappa shape index (κ2) is 6.89. The van der Waals surface area contributed by atoms with Gasteiger partial charge in [-0.15, -0.1) is 0 Å². The molecule has 110 valence electrons. The molecular formula is C16H16ClNO2S. The van der Waals surface area contributed by atoms with E-state index in [1.807, 2.05) is 42.5 Å². The molecule has 0 amide bonds. The molecule has 0 spiro atoms. The molecule has 1 unspecified atom stereocenters. The van der Waals surface area contributed by atoms with Gasteiger partial charge in [-0.2, -0.15) is 0 Å². The van der Waals surface area contributed by atoms with Gasteiger partial charge in [-0.05, 0) is 30.2 Å². The molecule has 1 N–H and O–H groups in total. The summed E-state index contributed by atoms with van der Waals surface area (Å²) in [6, 6.07) is 16.0. The summed E-state index contributed by atoms with van der Waals surface area (Å²) in [7, 11) is -3.53. The maximum atomic E-state index is 12.1. The highest BCUT2D eigenvalue weighted by atomic mass is 35.5. The lowest BCUT2D eigenvalue weighted by Gasteiger charge is -2.14. The molecule has 0 radical (unpaired) electrons. The van der Waals surface area contributed by atoms with Crippen molar-refractivity contribution >= 4 is 27.7 Å². The summed E-state index contributed by atoms with van der Waals surface area (Å²) in [5, 5.41) is 1.70. The molecule has 0 saturated carbocycles. The van der Waals surface area contributed by atoms with Gasteiger partial charge >= 0.3 is 0 Å². The smallest absolute Gasteiger partial charge is 0.208 e. The van der Waals surface area contributed by atoms with E-state index in [2.05, 4.69) is 4.72 Å². The quantitative estimate of drug-likeness (QED) is 0.905. The second-order valence-corrected chi connectivity index (χ2v) is 6.62. The minimum Gasteiger partial charge on any atom is -0.208 e. The van der Waals surface area contributed by atoms with Crippen molar-refractivity contribution in [2.45, 2.75) is 13.0 Å².